The molecule has 222 valence electrons. The normalized spacial score (nSPS) is 19.8. The Labute approximate surface area is 249 Å². The quantitative estimate of drug-likeness (QED) is 0.266. The standard InChI is InChI=1S/C27H26Cl2F2N6O5/c1-40-18-8-19(41-2)23(29)21(22(18)28)16-7-15-9-32-26(35-17-11-42-10-14(17)3-4-20(39)33-13-38)36-24(15)25(34-16)37-6-5-27(30,31)12-37/h3-4,7-9,13-14,17H,5-6,10-12H2,1-2H3,(H,32,35,36)(H,33,38,39)/t14-,17+/m0/s1. The smallest absolute Gasteiger partial charge is 0.266 e. The van der Waals surface area contributed by atoms with Gasteiger partial charge in [-0.2, -0.15) is 0 Å². The Hall–Kier alpha value is -3.81. The van der Waals surface area contributed by atoms with Gasteiger partial charge in [0.15, 0.2) is 5.82 Å². The van der Waals surface area contributed by atoms with Crippen LogP contribution in [-0.2, 0) is 14.3 Å². The summed E-state index contributed by atoms with van der Waals surface area (Å²) in [6.07, 6.45) is 4.40. The van der Waals surface area contributed by atoms with Gasteiger partial charge >= 0.3 is 0 Å². The molecule has 2 atom stereocenters. The van der Waals surface area contributed by atoms with Crippen molar-refractivity contribution in [2.24, 2.45) is 5.92 Å². The molecule has 0 bridgehead atoms. The monoisotopic (exact) mass is 622 g/mol. The molecule has 2 saturated heterocycles. The van der Waals surface area contributed by atoms with Gasteiger partial charge in [-0.3, -0.25) is 14.9 Å². The van der Waals surface area contributed by atoms with E-state index in [2.05, 4.69) is 15.3 Å². The van der Waals surface area contributed by atoms with E-state index in [4.69, 9.17) is 42.4 Å². The Morgan fingerprint density at radius 3 is 2.55 bits per heavy atom. The highest BCUT2D eigenvalue weighted by atomic mass is 35.5. The summed E-state index contributed by atoms with van der Waals surface area (Å²) in [6, 6.07) is 2.91. The molecule has 5 rings (SSSR count). The van der Waals surface area contributed by atoms with Crippen LogP contribution in [0.15, 0.2) is 30.5 Å². The van der Waals surface area contributed by atoms with Crippen LogP contribution in [0.1, 0.15) is 6.42 Å². The van der Waals surface area contributed by atoms with E-state index >= 15 is 0 Å². The molecular formula is C27H26Cl2F2N6O5. The molecule has 11 nitrogen and oxygen atoms in total. The van der Waals surface area contributed by atoms with Crippen molar-refractivity contribution in [1.82, 2.24) is 20.3 Å². The zero-order valence-corrected chi connectivity index (χ0v) is 24.0. The highest BCUT2D eigenvalue weighted by Crippen LogP contribution is 2.46. The number of alkyl halides is 2. The van der Waals surface area contributed by atoms with E-state index in [1.165, 1.54) is 25.2 Å². The highest BCUT2D eigenvalue weighted by molar-refractivity contribution is 6.41. The number of fused-ring (bicyclic) bond motifs is 1. The predicted molar refractivity (Wildman–Crippen MR) is 153 cm³/mol. The first kappa shape index (κ1) is 29.7. The second kappa shape index (κ2) is 12.2. The minimum atomic E-state index is -2.90. The van der Waals surface area contributed by atoms with Crippen LogP contribution >= 0.6 is 23.2 Å². The number of aromatic nitrogens is 3. The fraction of sp³-hybridized carbons (Fsp3) is 0.370. The highest BCUT2D eigenvalue weighted by Gasteiger charge is 2.40. The van der Waals surface area contributed by atoms with Crippen LogP contribution in [0.25, 0.3) is 22.2 Å². The Balaban J connectivity index is 1.56. The molecule has 42 heavy (non-hydrogen) atoms. The molecule has 2 aliphatic rings. The molecule has 3 aromatic rings. The molecule has 2 fully saturated rings. The van der Waals surface area contributed by atoms with Gasteiger partial charge < -0.3 is 24.4 Å². The van der Waals surface area contributed by atoms with Crippen molar-refractivity contribution in [3.63, 3.8) is 0 Å². The number of hydrogen-bond acceptors (Lipinski definition) is 10. The van der Waals surface area contributed by atoms with Gasteiger partial charge in [-0.25, -0.2) is 23.7 Å². The molecule has 15 heteroatoms. The van der Waals surface area contributed by atoms with Gasteiger partial charge in [-0.05, 0) is 12.1 Å². The number of carbonyl (C=O) groups excluding carboxylic acids is 2. The molecule has 0 saturated carbocycles. The van der Waals surface area contributed by atoms with Crippen molar-refractivity contribution in [1.29, 1.82) is 0 Å². The number of rotatable bonds is 9. The lowest BCUT2D eigenvalue weighted by Crippen LogP contribution is -2.28. The van der Waals surface area contributed by atoms with Crippen molar-refractivity contribution >= 4 is 58.2 Å². The Morgan fingerprint density at radius 1 is 1.17 bits per heavy atom. The molecule has 1 aromatic carbocycles. The molecular weight excluding hydrogens is 597 g/mol. The Kier molecular flexibility index (Phi) is 8.62. The molecule has 0 unspecified atom stereocenters. The van der Waals surface area contributed by atoms with Crippen LogP contribution in [0.2, 0.25) is 10.0 Å². The molecule has 0 spiro atoms. The third-order valence-electron chi connectivity index (χ3n) is 6.98. The fourth-order valence-electron chi connectivity index (χ4n) is 4.86. The van der Waals surface area contributed by atoms with Crippen LogP contribution in [-0.4, -0.2) is 79.8 Å². The minimum absolute atomic E-state index is 0.0560. The SMILES string of the molecule is COc1cc(OC)c(Cl)c(-c2cc3cnc(N[C@@H]4COC[C@@H]4C=CC(=O)NC=O)nc3c(N3CCC(F)(F)C3)n2)c1Cl. The fourth-order valence-corrected chi connectivity index (χ4v) is 5.55. The van der Waals surface area contributed by atoms with E-state index in [1.54, 1.807) is 24.4 Å². The number of pyridine rings is 1. The van der Waals surface area contributed by atoms with Gasteiger partial charge in [0.1, 0.15) is 17.0 Å². The first-order valence-electron chi connectivity index (χ1n) is 12.8. The van der Waals surface area contributed by atoms with E-state index in [-0.39, 0.29) is 46.7 Å². The van der Waals surface area contributed by atoms with Gasteiger partial charge in [-0.1, -0.05) is 29.3 Å². The molecule has 2 N–H and O–H groups in total. The summed E-state index contributed by atoms with van der Waals surface area (Å²) in [7, 11) is 2.89. The second-order valence-electron chi connectivity index (χ2n) is 9.71. The number of benzene rings is 1. The zero-order valence-electron chi connectivity index (χ0n) is 22.5. The van der Waals surface area contributed by atoms with Crippen LogP contribution in [0, 0.1) is 5.92 Å². The van der Waals surface area contributed by atoms with Crippen molar-refractivity contribution in [2.45, 2.75) is 18.4 Å². The van der Waals surface area contributed by atoms with E-state index in [0.717, 1.165) is 0 Å². The van der Waals surface area contributed by atoms with Crippen LogP contribution in [0.3, 0.4) is 0 Å². The van der Waals surface area contributed by atoms with E-state index in [0.29, 0.717) is 53.3 Å². The predicted octanol–water partition coefficient (Wildman–Crippen LogP) is 4.12. The average Bonchev–Trinajstić information content (AvgIpc) is 3.57. The summed E-state index contributed by atoms with van der Waals surface area (Å²) in [5.41, 5.74) is 0.946. The van der Waals surface area contributed by atoms with Crippen LogP contribution < -0.4 is 25.0 Å². The van der Waals surface area contributed by atoms with E-state index in [9.17, 15) is 18.4 Å². The van der Waals surface area contributed by atoms with E-state index < -0.39 is 18.4 Å². The summed E-state index contributed by atoms with van der Waals surface area (Å²) in [6.45, 7) is 0.157. The number of halogens is 4. The number of hydrogen-bond donors (Lipinski definition) is 2. The number of nitrogens with zero attached hydrogens (tertiary/aromatic N) is 4. The number of imide groups is 1. The number of ether oxygens (including phenoxy) is 3. The Bertz CT molecular complexity index is 1530. The summed E-state index contributed by atoms with van der Waals surface area (Å²) in [5.74, 6) is -2.65. The van der Waals surface area contributed by atoms with Crippen LogP contribution in [0.4, 0.5) is 20.5 Å². The topological polar surface area (TPSA) is 128 Å². The van der Waals surface area contributed by atoms with Crippen molar-refractivity contribution in [3.8, 4) is 22.8 Å². The summed E-state index contributed by atoms with van der Waals surface area (Å²) in [5, 5.41) is 6.10. The van der Waals surface area contributed by atoms with Gasteiger partial charge in [0.25, 0.3) is 5.92 Å². The molecule has 4 heterocycles. The van der Waals surface area contributed by atoms with Gasteiger partial charge in [0, 0.05) is 42.1 Å². The lowest BCUT2D eigenvalue weighted by Gasteiger charge is -2.22. The maximum absolute atomic E-state index is 14.3. The van der Waals surface area contributed by atoms with Crippen molar-refractivity contribution in [2.75, 3.05) is 50.7 Å². The maximum atomic E-state index is 14.3. The molecule has 0 radical (unpaired) electrons. The largest absolute Gasteiger partial charge is 0.495 e. The maximum Gasteiger partial charge on any atom is 0.266 e. The number of amides is 2. The van der Waals surface area contributed by atoms with Gasteiger partial charge in [0.2, 0.25) is 18.3 Å². The number of nitrogens with one attached hydrogen (secondary N) is 2. The zero-order chi connectivity index (χ0) is 30.0. The third kappa shape index (κ3) is 6.03. The summed E-state index contributed by atoms with van der Waals surface area (Å²) >= 11 is 13.3. The van der Waals surface area contributed by atoms with Gasteiger partial charge in [0.05, 0.1) is 55.8 Å². The molecule has 2 aromatic heterocycles. The Morgan fingerprint density at radius 2 is 1.90 bits per heavy atom. The summed E-state index contributed by atoms with van der Waals surface area (Å²) < 4.78 is 45.0. The molecule has 2 aliphatic heterocycles. The lowest BCUT2D eigenvalue weighted by atomic mass is 10.0. The van der Waals surface area contributed by atoms with Crippen molar-refractivity contribution < 1.29 is 32.6 Å². The molecule has 2 amide bonds. The first-order chi connectivity index (χ1) is 20.1. The second-order valence-corrected chi connectivity index (χ2v) is 10.5. The number of carbonyl (C=O) groups is 2. The van der Waals surface area contributed by atoms with Crippen LogP contribution in [0.5, 0.6) is 11.5 Å². The van der Waals surface area contributed by atoms with E-state index in [1.807, 2.05) is 5.32 Å². The number of anilines is 2. The van der Waals surface area contributed by atoms with Gasteiger partial charge in [-0.15, -0.1) is 0 Å². The lowest BCUT2D eigenvalue weighted by molar-refractivity contribution is -0.121. The average molecular weight is 623 g/mol. The summed E-state index contributed by atoms with van der Waals surface area (Å²) in [4.78, 5) is 37.4. The molecule has 0 aliphatic carbocycles. The number of methoxy groups -OCH3 is 2. The third-order valence-corrected chi connectivity index (χ3v) is 7.73. The van der Waals surface area contributed by atoms with Crippen molar-refractivity contribution in [3.05, 3.63) is 40.5 Å². The minimum Gasteiger partial charge on any atom is -0.495 e. The first-order valence-corrected chi connectivity index (χ1v) is 13.6.